The molecule has 1 amide bonds. The molecule has 1 saturated heterocycles. The summed E-state index contributed by atoms with van der Waals surface area (Å²) in [5.41, 5.74) is 0.892. The minimum atomic E-state index is -3.34. The van der Waals surface area contributed by atoms with Crippen molar-refractivity contribution in [1.29, 1.82) is 0 Å². The van der Waals surface area contributed by atoms with Crippen LogP contribution in [0.2, 0.25) is 0 Å². The lowest BCUT2D eigenvalue weighted by Crippen LogP contribution is -2.32. The van der Waals surface area contributed by atoms with Crippen molar-refractivity contribution >= 4 is 21.6 Å². The molecule has 1 aromatic rings. The van der Waals surface area contributed by atoms with Crippen molar-refractivity contribution in [2.75, 3.05) is 30.8 Å². The Balaban J connectivity index is 2.04. The topological polar surface area (TPSA) is 75.7 Å². The second-order valence-electron chi connectivity index (χ2n) is 5.13. The lowest BCUT2D eigenvalue weighted by atomic mass is 10.2. The Kier molecular flexibility index (Phi) is 4.84. The van der Waals surface area contributed by atoms with Crippen LogP contribution >= 0.6 is 0 Å². The highest BCUT2D eigenvalue weighted by atomic mass is 32.2. The van der Waals surface area contributed by atoms with Crippen molar-refractivity contribution < 1.29 is 17.9 Å². The quantitative estimate of drug-likeness (QED) is 0.880. The van der Waals surface area contributed by atoms with Gasteiger partial charge >= 0.3 is 0 Å². The zero-order chi connectivity index (χ0) is 15.5. The fourth-order valence-electron chi connectivity index (χ4n) is 2.15. The molecule has 1 N–H and O–H groups in total. The predicted octanol–water partition coefficient (Wildman–Crippen LogP) is 0.991. The molecule has 7 heteroatoms. The van der Waals surface area contributed by atoms with E-state index >= 15 is 0 Å². The fourth-order valence-corrected chi connectivity index (χ4v) is 2.64. The van der Waals surface area contributed by atoms with Crippen LogP contribution in [0.15, 0.2) is 24.3 Å². The molecule has 0 radical (unpaired) electrons. The third-order valence-corrected chi connectivity index (χ3v) is 4.69. The molecule has 0 aromatic heterocycles. The molecule has 6 nitrogen and oxygen atoms in total. The van der Waals surface area contributed by atoms with Gasteiger partial charge in [0.05, 0.1) is 18.0 Å². The van der Waals surface area contributed by atoms with Crippen molar-refractivity contribution in [2.45, 2.75) is 18.9 Å². The van der Waals surface area contributed by atoms with Crippen molar-refractivity contribution in [1.82, 2.24) is 5.32 Å². The van der Waals surface area contributed by atoms with E-state index in [2.05, 4.69) is 5.32 Å². The second-order valence-corrected chi connectivity index (χ2v) is 7.14. The van der Waals surface area contributed by atoms with E-state index in [0.717, 1.165) is 30.0 Å². The summed E-state index contributed by atoms with van der Waals surface area (Å²) in [6.07, 6.45) is 3.18. The SMILES string of the molecule is CN(c1cccc(C(=O)NCC2CCCO2)c1)S(C)(=O)=O. The lowest BCUT2D eigenvalue weighted by Gasteiger charge is -2.17. The van der Waals surface area contributed by atoms with E-state index in [-0.39, 0.29) is 12.0 Å². The first kappa shape index (κ1) is 15.8. The van der Waals surface area contributed by atoms with Gasteiger partial charge < -0.3 is 10.1 Å². The Morgan fingerprint density at radius 2 is 2.24 bits per heavy atom. The second kappa shape index (κ2) is 6.44. The van der Waals surface area contributed by atoms with E-state index in [1.54, 1.807) is 24.3 Å². The molecule has 1 atom stereocenters. The van der Waals surface area contributed by atoms with E-state index < -0.39 is 10.0 Å². The average Bonchev–Trinajstić information content (AvgIpc) is 2.96. The summed E-state index contributed by atoms with van der Waals surface area (Å²) >= 11 is 0. The molecule has 1 fully saturated rings. The minimum Gasteiger partial charge on any atom is -0.376 e. The van der Waals surface area contributed by atoms with Crippen LogP contribution in [-0.2, 0) is 14.8 Å². The van der Waals surface area contributed by atoms with Crippen molar-refractivity contribution in [3.63, 3.8) is 0 Å². The lowest BCUT2D eigenvalue weighted by molar-refractivity contribution is 0.0858. The molecular weight excluding hydrogens is 292 g/mol. The summed E-state index contributed by atoms with van der Waals surface area (Å²) in [5.74, 6) is -0.228. The first-order valence-corrected chi connectivity index (χ1v) is 8.66. The number of ether oxygens (including phenoxy) is 1. The van der Waals surface area contributed by atoms with Gasteiger partial charge in [-0.05, 0) is 31.0 Å². The van der Waals surface area contributed by atoms with E-state index in [9.17, 15) is 13.2 Å². The molecule has 0 bridgehead atoms. The summed E-state index contributed by atoms with van der Waals surface area (Å²) in [6.45, 7) is 1.22. The van der Waals surface area contributed by atoms with Gasteiger partial charge in [0, 0.05) is 25.8 Å². The molecule has 0 saturated carbocycles. The number of sulfonamides is 1. The summed E-state index contributed by atoms with van der Waals surface area (Å²) in [6, 6.07) is 6.53. The van der Waals surface area contributed by atoms with Gasteiger partial charge in [0.1, 0.15) is 0 Å². The summed E-state index contributed by atoms with van der Waals surface area (Å²) in [5, 5.41) is 2.81. The number of carbonyl (C=O) groups is 1. The normalized spacial score (nSPS) is 18.5. The third-order valence-electron chi connectivity index (χ3n) is 3.48. The van der Waals surface area contributed by atoms with Crippen LogP contribution < -0.4 is 9.62 Å². The number of hydrogen-bond donors (Lipinski definition) is 1. The Hall–Kier alpha value is -1.60. The highest BCUT2D eigenvalue weighted by molar-refractivity contribution is 7.92. The Bertz CT molecular complexity index is 609. The largest absolute Gasteiger partial charge is 0.376 e. The van der Waals surface area contributed by atoms with Gasteiger partial charge in [0.25, 0.3) is 5.91 Å². The Morgan fingerprint density at radius 1 is 1.48 bits per heavy atom. The number of nitrogens with zero attached hydrogens (tertiary/aromatic N) is 1. The summed E-state index contributed by atoms with van der Waals surface area (Å²) in [4.78, 5) is 12.1. The molecule has 21 heavy (non-hydrogen) atoms. The molecule has 1 unspecified atom stereocenters. The molecule has 1 aliphatic rings. The van der Waals surface area contributed by atoms with E-state index in [0.29, 0.717) is 17.8 Å². The smallest absolute Gasteiger partial charge is 0.251 e. The van der Waals surface area contributed by atoms with E-state index in [1.807, 2.05) is 0 Å². The van der Waals surface area contributed by atoms with Crippen LogP contribution in [-0.4, -0.2) is 46.9 Å². The predicted molar refractivity (Wildman–Crippen MR) is 81.0 cm³/mol. The molecule has 116 valence electrons. The number of hydrogen-bond acceptors (Lipinski definition) is 4. The first-order chi connectivity index (χ1) is 9.88. The molecular formula is C14H20N2O4S. The maximum atomic E-state index is 12.1. The van der Waals surface area contributed by atoms with Crippen molar-refractivity contribution in [3.05, 3.63) is 29.8 Å². The van der Waals surface area contributed by atoms with E-state index in [4.69, 9.17) is 4.74 Å². The zero-order valence-corrected chi connectivity index (χ0v) is 13.0. The number of amides is 1. The third kappa shape index (κ3) is 4.18. The average molecular weight is 312 g/mol. The zero-order valence-electron chi connectivity index (χ0n) is 12.2. The van der Waals surface area contributed by atoms with Crippen molar-refractivity contribution in [3.8, 4) is 0 Å². The molecule has 0 aliphatic carbocycles. The number of benzene rings is 1. The highest BCUT2D eigenvalue weighted by Gasteiger charge is 2.18. The number of nitrogens with one attached hydrogen (secondary N) is 1. The first-order valence-electron chi connectivity index (χ1n) is 6.81. The Labute approximate surface area is 125 Å². The fraction of sp³-hybridized carbons (Fsp3) is 0.500. The van der Waals surface area contributed by atoms with Gasteiger partial charge in [-0.15, -0.1) is 0 Å². The Morgan fingerprint density at radius 3 is 2.86 bits per heavy atom. The molecule has 1 heterocycles. The van der Waals surface area contributed by atoms with E-state index in [1.165, 1.54) is 7.05 Å². The highest BCUT2D eigenvalue weighted by Crippen LogP contribution is 2.17. The van der Waals surface area contributed by atoms with Gasteiger partial charge in [-0.1, -0.05) is 6.07 Å². The van der Waals surface area contributed by atoms with Gasteiger partial charge in [0.15, 0.2) is 0 Å². The number of carbonyl (C=O) groups excluding carboxylic acids is 1. The molecule has 2 rings (SSSR count). The number of rotatable bonds is 5. The van der Waals surface area contributed by atoms with Crippen LogP contribution in [0.3, 0.4) is 0 Å². The number of anilines is 1. The monoisotopic (exact) mass is 312 g/mol. The van der Waals surface area contributed by atoms with Crippen LogP contribution in [0.25, 0.3) is 0 Å². The van der Waals surface area contributed by atoms with Crippen LogP contribution in [0.5, 0.6) is 0 Å². The van der Waals surface area contributed by atoms with Crippen molar-refractivity contribution in [2.24, 2.45) is 0 Å². The maximum absolute atomic E-state index is 12.1. The van der Waals surface area contributed by atoms with Gasteiger partial charge in [-0.25, -0.2) is 8.42 Å². The molecule has 0 spiro atoms. The molecule has 1 aliphatic heterocycles. The summed E-state index contributed by atoms with van der Waals surface area (Å²) in [7, 11) is -1.89. The van der Waals surface area contributed by atoms with Gasteiger partial charge in [-0.2, -0.15) is 0 Å². The molecule has 1 aromatic carbocycles. The minimum absolute atomic E-state index is 0.0795. The van der Waals surface area contributed by atoms with Gasteiger partial charge in [0.2, 0.25) is 10.0 Å². The standard InChI is InChI=1S/C14H20N2O4S/c1-16(21(2,18)19)12-6-3-5-11(9-12)14(17)15-10-13-7-4-8-20-13/h3,5-6,9,13H,4,7-8,10H2,1-2H3,(H,15,17). The van der Waals surface area contributed by atoms with Gasteiger partial charge in [-0.3, -0.25) is 9.10 Å². The van der Waals surface area contributed by atoms with Crippen LogP contribution in [0, 0.1) is 0 Å². The summed E-state index contributed by atoms with van der Waals surface area (Å²) < 4.78 is 29.6. The van der Waals surface area contributed by atoms with Crippen LogP contribution in [0.4, 0.5) is 5.69 Å². The maximum Gasteiger partial charge on any atom is 0.251 e. The van der Waals surface area contributed by atoms with Crippen LogP contribution in [0.1, 0.15) is 23.2 Å².